The van der Waals surface area contributed by atoms with Gasteiger partial charge in [0.25, 0.3) is 0 Å². The monoisotopic (exact) mass is 251 g/mol. The van der Waals surface area contributed by atoms with Crippen LogP contribution in [0.4, 0.5) is 8.78 Å². The van der Waals surface area contributed by atoms with E-state index in [1.807, 2.05) is 0 Å². The van der Waals surface area contributed by atoms with Gasteiger partial charge in [-0.2, -0.15) is 0 Å². The van der Waals surface area contributed by atoms with Crippen molar-refractivity contribution in [1.82, 2.24) is 5.32 Å². The molecule has 0 spiro atoms. The maximum absolute atomic E-state index is 13.3. The van der Waals surface area contributed by atoms with Gasteiger partial charge in [0, 0.05) is 12.1 Å². The van der Waals surface area contributed by atoms with Gasteiger partial charge in [-0.25, -0.2) is 8.78 Å². The molecule has 0 radical (unpaired) electrons. The van der Waals surface area contributed by atoms with Gasteiger partial charge in [-0.1, -0.05) is 11.6 Å². The zero-order valence-electron chi connectivity index (χ0n) is 8.54. The molecule has 0 heterocycles. The van der Waals surface area contributed by atoms with Gasteiger partial charge >= 0.3 is 0 Å². The fraction of sp³-hybridized carbons (Fsp3) is 0.400. The van der Waals surface area contributed by atoms with Crippen molar-refractivity contribution in [3.63, 3.8) is 0 Å². The van der Waals surface area contributed by atoms with Gasteiger partial charge in [0.1, 0.15) is 17.7 Å². The maximum atomic E-state index is 13.3. The molecule has 0 aliphatic rings. The molecule has 3 nitrogen and oxygen atoms in total. The molecule has 0 aliphatic heterocycles. The third kappa shape index (κ3) is 2.68. The first kappa shape index (κ1) is 13.3. The Bertz CT molecular complexity index is 376. The Hall–Kier alpha value is -0.750. The summed E-state index contributed by atoms with van der Waals surface area (Å²) in [5, 5.41) is 21.2. The van der Waals surface area contributed by atoms with Crippen LogP contribution >= 0.6 is 11.6 Å². The molecule has 0 bridgehead atoms. The van der Waals surface area contributed by atoms with E-state index in [1.165, 1.54) is 0 Å². The maximum Gasteiger partial charge on any atom is 0.142 e. The molecule has 16 heavy (non-hydrogen) atoms. The highest BCUT2D eigenvalue weighted by Crippen LogP contribution is 2.30. The first-order valence-electron chi connectivity index (χ1n) is 4.63. The Morgan fingerprint density at radius 2 is 1.88 bits per heavy atom. The lowest BCUT2D eigenvalue weighted by atomic mass is 10.0. The van der Waals surface area contributed by atoms with Crippen molar-refractivity contribution in [1.29, 1.82) is 0 Å². The summed E-state index contributed by atoms with van der Waals surface area (Å²) in [6, 6.07) is 1.71. The van der Waals surface area contributed by atoms with Crippen LogP contribution in [0.3, 0.4) is 0 Å². The van der Waals surface area contributed by atoms with E-state index in [4.69, 9.17) is 11.6 Å². The zero-order chi connectivity index (χ0) is 12.3. The summed E-state index contributed by atoms with van der Waals surface area (Å²) < 4.78 is 26.4. The molecule has 1 aromatic carbocycles. The first-order valence-corrected chi connectivity index (χ1v) is 5.01. The number of rotatable bonds is 4. The standard InChI is InChI=1S/C10H12ClF2NO2/c1-14-4-7(15)10(16)8-5(12)2-3-6(13)9(8)11/h2-3,7,10,14-16H,4H2,1H3. The van der Waals surface area contributed by atoms with Crippen molar-refractivity contribution in [2.24, 2.45) is 0 Å². The second-order valence-corrected chi connectivity index (χ2v) is 3.70. The average molecular weight is 252 g/mol. The summed E-state index contributed by atoms with van der Waals surface area (Å²) in [5.74, 6) is -1.69. The molecule has 0 aromatic heterocycles. The fourth-order valence-corrected chi connectivity index (χ4v) is 1.59. The Morgan fingerprint density at radius 3 is 2.44 bits per heavy atom. The molecule has 1 aromatic rings. The Morgan fingerprint density at radius 1 is 1.31 bits per heavy atom. The molecule has 0 saturated carbocycles. The lowest BCUT2D eigenvalue weighted by Gasteiger charge is -2.19. The Balaban J connectivity index is 3.07. The van der Waals surface area contributed by atoms with Crippen LogP contribution in [0.15, 0.2) is 12.1 Å². The van der Waals surface area contributed by atoms with Crippen LogP contribution in [0.1, 0.15) is 11.7 Å². The fourth-order valence-electron chi connectivity index (χ4n) is 1.33. The van der Waals surface area contributed by atoms with Crippen molar-refractivity contribution in [3.8, 4) is 0 Å². The summed E-state index contributed by atoms with van der Waals surface area (Å²) in [7, 11) is 1.56. The van der Waals surface area contributed by atoms with Gasteiger partial charge in [-0.15, -0.1) is 0 Å². The predicted molar refractivity (Wildman–Crippen MR) is 56.3 cm³/mol. The number of halogens is 3. The quantitative estimate of drug-likeness (QED) is 0.706. The number of aliphatic hydroxyl groups excluding tert-OH is 2. The van der Waals surface area contributed by atoms with E-state index in [9.17, 15) is 19.0 Å². The largest absolute Gasteiger partial charge is 0.389 e. The lowest BCUT2D eigenvalue weighted by molar-refractivity contribution is 0.0180. The minimum absolute atomic E-state index is 0.0352. The molecule has 90 valence electrons. The predicted octanol–water partition coefficient (Wildman–Crippen LogP) is 1.23. The average Bonchev–Trinajstić information content (AvgIpc) is 2.24. The summed E-state index contributed by atoms with van der Waals surface area (Å²) in [6.45, 7) is 0.0352. The van der Waals surface area contributed by atoms with Crippen LogP contribution < -0.4 is 5.32 Å². The van der Waals surface area contributed by atoms with Crippen molar-refractivity contribution >= 4 is 11.6 Å². The van der Waals surface area contributed by atoms with Crippen molar-refractivity contribution in [2.75, 3.05) is 13.6 Å². The van der Waals surface area contributed by atoms with Crippen LogP contribution in [0.25, 0.3) is 0 Å². The van der Waals surface area contributed by atoms with Crippen molar-refractivity contribution in [3.05, 3.63) is 34.4 Å². The van der Waals surface area contributed by atoms with Crippen LogP contribution in [-0.2, 0) is 0 Å². The van der Waals surface area contributed by atoms with Crippen LogP contribution in [-0.4, -0.2) is 29.9 Å². The van der Waals surface area contributed by atoms with Crippen molar-refractivity contribution < 1.29 is 19.0 Å². The lowest BCUT2D eigenvalue weighted by Crippen LogP contribution is -2.30. The van der Waals surface area contributed by atoms with Gasteiger partial charge < -0.3 is 15.5 Å². The third-order valence-corrected chi connectivity index (χ3v) is 2.54. The summed E-state index contributed by atoms with van der Waals surface area (Å²) in [5.41, 5.74) is -0.426. The Labute approximate surface area is 96.7 Å². The van der Waals surface area contributed by atoms with Crippen LogP contribution in [0.2, 0.25) is 5.02 Å². The first-order chi connectivity index (χ1) is 7.49. The molecule has 0 amide bonds. The highest BCUT2D eigenvalue weighted by atomic mass is 35.5. The highest BCUT2D eigenvalue weighted by Gasteiger charge is 2.25. The van der Waals surface area contributed by atoms with E-state index >= 15 is 0 Å². The molecule has 0 aliphatic carbocycles. The van der Waals surface area contributed by atoms with Crippen LogP contribution in [0, 0.1) is 11.6 Å². The van der Waals surface area contributed by atoms with Gasteiger partial charge in [0.15, 0.2) is 0 Å². The topological polar surface area (TPSA) is 52.5 Å². The van der Waals surface area contributed by atoms with Gasteiger partial charge in [0.05, 0.1) is 11.1 Å². The minimum Gasteiger partial charge on any atom is -0.389 e. The zero-order valence-corrected chi connectivity index (χ0v) is 9.30. The summed E-state index contributed by atoms with van der Waals surface area (Å²) in [6.07, 6.45) is -2.84. The molecular weight excluding hydrogens is 240 g/mol. The Kier molecular flexibility index (Phi) is 4.61. The molecule has 2 unspecified atom stereocenters. The smallest absolute Gasteiger partial charge is 0.142 e. The second kappa shape index (κ2) is 5.54. The van der Waals surface area contributed by atoms with E-state index in [-0.39, 0.29) is 6.54 Å². The van der Waals surface area contributed by atoms with E-state index < -0.39 is 34.4 Å². The summed E-state index contributed by atoms with van der Waals surface area (Å²) >= 11 is 5.53. The normalized spacial score (nSPS) is 14.9. The molecular formula is C10H12ClF2NO2. The number of hydrogen-bond donors (Lipinski definition) is 3. The molecule has 0 fully saturated rings. The van der Waals surface area contributed by atoms with E-state index in [2.05, 4.69) is 5.32 Å². The molecule has 1 rings (SSSR count). The molecule has 3 N–H and O–H groups in total. The SMILES string of the molecule is CNCC(O)C(O)c1c(F)ccc(F)c1Cl. The second-order valence-electron chi connectivity index (χ2n) is 3.33. The number of benzene rings is 1. The third-order valence-electron chi connectivity index (χ3n) is 2.15. The van der Waals surface area contributed by atoms with Gasteiger partial charge in [-0.05, 0) is 19.2 Å². The number of nitrogens with one attached hydrogen (secondary N) is 1. The van der Waals surface area contributed by atoms with E-state index in [1.54, 1.807) is 7.05 Å². The van der Waals surface area contributed by atoms with Gasteiger partial charge in [0.2, 0.25) is 0 Å². The molecule has 2 atom stereocenters. The highest BCUT2D eigenvalue weighted by molar-refractivity contribution is 6.31. The van der Waals surface area contributed by atoms with E-state index in [0.29, 0.717) is 0 Å². The van der Waals surface area contributed by atoms with Gasteiger partial charge in [-0.3, -0.25) is 0 Å². The molecule has 0 saturated heterocycles. The van der Waals surface area contributed by atoms with E-state index in [0.717, 1.165) is 12.1 Å². The number of likely N-dealkylation sites (N-methyl/N-ethyl adjacent to an activating group) is 1. The van der Waals surface area contributed by atoms with Crippen LogP contribution in [0.5, 0.6) is 0 Å². The number of aliphatic hydroxyl groups is 2. The minimum atomic E-state index is -1.57. The van der Waals surface area contributed by atoms with Crippen molar-refractivity contribution in [2.45, 2.75) is 12.2 Å². The summed E-state index contributed by atoms with van der Waals surface area (Å²) in [4.78, 5) is 0. The number of hydrogen-bond acceptors (Lipinski definition) is 3. The molecule has 6 heteroatoms.